The highest BCUT2D eigenvalue weighted by Crippen LogP contribution is 2.36. The number of ether oxygens (including phenoxy) is 1. The maximum absolute atomic E-state index is 12.2. The molecule has 24 heavy (non-hydrogen) atoms. The number of hydrogen-bond donors (Lipinski definition) is 0. The fraction of sp³-hybridized carbons (Fsp3) is 0.133. The monoisotopic (exact) mass is 327 g/mol. The highest BCUT2D eigenvalue weighted by molar-refractivity contribution is 6.01. The molecule has 0 unspecified atom stereocenters. The summed E-state index contributed by atoms with van der Waals surface area (Å²) < 4.78 is 7.03. The lowest BCUT2D eigenvalue weighted by Crippen LogP contribution is -2.24. The second-order valence-corrected chi connectivity index (χ2v) is 4.88. The minimum absolute atomic E-state index is 0.138. The van der Waals surface area contributed by atoms with Crippen LogP contribution < -0.4 is 9.64 Å². The Hall–Kier alpha value is -3.49. The first kappa shape index (κ1) is 15.4. The van der Waals surface area contributed by atoms with Crippen molar-refractivity contribution >= 4 is 28.6 Å². The van der Waals surface area contributed by atoms with Crippen molar-refractivity contribution in [2.75, 3.05) is 12.0 Å². The van der Waals surface area contributed by atoms with Crippen molar-refractivity contribution in [2.45, 2.75) is 6.92 Å². The average Bonchev–Trinajstić information content (AvgIpc) is 3.03. The molecular formula is C15H13N5O4. The van der Waals surface area contributed by atoms with Gasteiger partial charge in [0.25, 0.3) is 5.69 Å². The van der Waals surface area contributed by atoms with Gasteiger partial charge in [0.1, 0.15) is 11.3 Å². The van der Waals surface area contributed by atoms with E-state index in [2.05, 4.69) is 10.1 Å². The van der Waals surface area contributed by atoms with E-state index in [1.54, 1.807) is 29.0 Å². The van der Waals surface area contributed by atoms with Crippen LogP contribution in [0.4, 0.5) is 17.2 Å². The largest absolute Gasteiger partial charge is 0.492 e. The average molecular weight is 327 g/mol. The van der Waals surface area contributed by atoms with Crippen LogP contribution in [-0.2, 0) is 4.79 Å². The Labute approximate surface area is 136 Å². The Balaban J connectivity index is 2.21. The summed E-state index contributed by atoms with van der Waals surface area (Å²) in [6, 6.07) is 5.88. The molecule has 0 spiro atoms. The molecular weight excluding hydrogens is 314 g/mol. The zero-order valence-electron chi connectivity index (χ0n) is 12.9. The van der Waals surface area contributed by atoms with Crippen molar-refractivity contribution < 1.29 is 14.5 Å². The van der Waals surface area contributed by atoms with Gasteiger partial charge in [-0.2, -0.15) is 5.10 Å². The molecule has 0 radical (unpaired) electrons. The van der Waals surface area contributed by atoms with E-state index in [9.17, 15) is 14.9 Å². The SMILES string of the molecule is COc1c(N(C(C)=O)c2cc([N+](=O)[O-])ccn2)ccn2nccc12. The van der Waals surface area contributed by atoms with Gasteiger partial charge in [0.15, 0.2) is 5.75 Å². The lowest BCUT2D eigenvalue weighted by atomic mass is 10.2. The second-order valence-electron chi connectivity index (χ2n) is 4.88. The minimum atomic E-state index is -0.541. The number of carbonyl (C=O) groups is 1. The molecule has 122 valence electrons. The molecule has 9 heteroatoms. The highest BCUT2D eigenvalue weighted by atomic mass is 16.6. The quantitative estimate of drug-likeness (QED) is 0.538. The predicted octanol–water partition coefficient (Wildman–Crippen LogP) is 2.33. The summed E-state index contributed by atoms with van der Waals surface area (Å²) in [5, 5.41) is 15.1. The third kappa shape index (κ3) is 2.51. The Morgan fingerprint density at radius 2 is 2.12 bits per heavy atom. The number of hydrogen-bond acceptors (Lipinski definition) is 6. The van der Waals surface area contributed by atoms with Crippen LogP contribution in [0.15, 0.2) is 42.9 Å². The lowest BCUT2D eigenvalue weighted by Gasteiger charge is -2.22. The number of aromatic nitrogens is 3. The van der Waals surface area contributed by atoms with E-state index in [1.165, 1.54) is 37.3 Å². The highest BCUT2D eigenvalue weighted by Gasteiger charge is 2.23. The summed E-state index contributed by atoms with van der Waals surface area (Å²) in [4.78, 5) is 28.0. The molecule has 0 saturated carbocycles. The molecule has 0 fully saturated rings. The van der Waals surface area contributed by atoms with Crippen molar-refractivity contribution in [3.8, 4) is 5.75 Å². The molecule has 0 aliphatic carbocycles. The minimum Gasteiger partial charge on any atom is -0.492 e. The van der Waals surface area contributed by atoms with Crippen LogP contribution >= 0.6 is 0 Å². The van der Waals surface area contributed by atoms with E-state index in [4.69, 9.17) is 4.74 Å². The first-order valence-corrected chi connectivity index (χ1v) is 6.94. The molecule has 0 aliphatic rings. The lowest BCUT2D eigenvalue weighted by molar-refractivity contribution is -0.384. The predicted molar refractivity (Wildman–Crippen MR) is 85.5 cm³/mol. The molecule has 3 heterocycles. The number of amides is 1. The van der Waals surface area contributed by atoms with Crippen molar-refractivity contribution in [2.24, 2.45) is 0 Å². The smallest absolute Gasteiger partial charge is 0.274 e. The molecule has 0 atom stereocenters. The summed E-state index contributed by atoms with van der Waals surface area (Å²) in [5.41, 5.74) is 0.924. The molecule has 1 amide bonds. The van der Waals surface area contributed by atoms with E-state index >= 15 is 0 Å². The Bertz CT molecular complexity index is 937. The molecule has 0 aromatic carbocycles. The Morgan fingerprint density at radius 3 is 2.79 bits per heavy atom. The zero-order chi connectivity index (χ0) is 17.3. The molecule has 0 N–H and O–H groups in total. The van der Waals surface area contributed by atoms with Gasteiger partial charge in [-0.3, -0.25) is 19.8 Å². The standard InChI is InChI=1S/C15H13N5O4/c1-10(21)19(14-9-11(20(22)23)3-6-16-14)13-5-8-18-12(4-7-17-18)15(13)24-2/h3-9H,1-2H3. The number of pyridine rings is 2. The second kappa shape index (κ2) is 5.95. The van der Waals surface area contributed by atoms with Crippen LogP contribution in [0, 0.1) is 10.1 Å². The topological polar surface area (TPSA) is 103 Å². The van der Waals surface area contributed by atoms with Crippen LogP contribution in [0.2, 0.25) is 0 Å². The van der Waals surface area contributed by atoms with E-state index in [-0.39, 0.29) is 17.4 Å². The summed E-state index contributed by atoms with van der Waals surface area (Å²) >= 11 is 0. The van der Waals surface area contributed by atoms with Crippen LogP contribution in [0.3, 0.4) is 0 Å². The number of anilines is 2. The fourth-order valence-electron chi connectivity index (χ4n) is 2.44. The summed E-state index contributed by atoms with van der Waals surface area (Å²) in [6.07, 6.45) is 4.55. The van der Waals surface area contributed by atoms with Crippen LogP contribution in [0.5, 0.6) is 5.75 Å². The van der Waals surface area contributed by atoms with Crippen LogP contribution in [-0.4, -0.2) is 32.5 Å². The van der Waals surface area contributed by atoms with Crippen molar-refractivity contribution in [3.63, 3.8) is 0 Å². The fourth-order valence-corrected chi connectivity index (χ4v) is 2.44. The Kier molecular flexibility index (Phi) is 3.82. The Morgan fingerprint density at radius 1 is 1.33 bits per heavy atom. The van der Waals surface area contributed by atoms with Crippen molar-refractivity contribution in [3.05, 3.63) is 53.0 Å². The summed E-state index contributed by atoms with van der Waals surface area (Å²) in [6.45, 7) is 1.35. The van der Waals surface area contributed by atoms with Gasteiger partial charge in [-0.1, -0.05) is 0 Å². The molecule has 3 aromatic heterocycles. The number of rotatable bonds is 4. The van der Waals surface area contributed by atoms with Crippen molar-refractivity contribution in [1.82, 2.24) is 14.6 Å². The molecule has 0 aliphatic heterocycles. The first-order chi connectivity index (χ1) is 11.5. The van der Waals surface area contributed by atoms with E-state index in [1.807, 2.05) is 0 Å². The van der Waals surface area contributed by atoms with Gasteiger partial charge in [0.05, 0.1) is 30.0 Å². The molecule has 0 bridgehead atoms. The molecule has 0 saturated heterocycles. The van der Waals surface area contributed by atoms with Gasteiger partial charge in [-0.25, -0.2) is 9.50 Å². The number of methoxy groups -OCH3 is 1. The van der Waals surface area contributed by atoms with E-state index in [0.717, 1.165) is 0 Å². The molecule has 3 rings (SSSR count). The van der Waals surface area contributed by atoms with E-state index in [0.29, 0.717) is 17.0 Å². The van der Waals surface area contributed by atoms with Gasteiger partial charge in [-0.15, -0.1) is 0 Å². The van der Waals surface area contributed by atoms with Crippen LogP contribution in [0.1, 0.15) is 6.92 Å². The van der Waals surface area contributed by atoms with Gasteiger partial charge < -0.3 is 4.74 Å². The maximum Gasteiger partial charge on any atom is 0.274 e. The van der Waals surface area contributed by atoms with Gasteiger partial charge >= 0.3 is 0 Å². The number of nitro groups is 1. The van der Waals surface area contributed by atoms with Gasteiger partial charge in [-0.05, 0) is 12.1 Å². The zero-order valence-corrected chi connectivity index (χ0v) is 12.9. The number of fused-ring (bicyclic) bond motifs is 1. The number of nitrogens with zero attached hydrogens (tertiary/aromatic N) is 5. The summed E-state index contributed by atoms with van der Waals surface area (Å²) in [7, 11) is 1.48. The van der Waals surface area contributed by atoms with E-state index < -0.39 is 4.92 Å². The van der Waals surface area contributed by atoms with Gasteiger partial charge in [0.2, 0.25) is 5.91 Å². The van der Waals surface area contributed by atoms with Gasteiger partial charge in [0, 0.05) is 25.4 Å². The van der Waals surface area contributed by atoms with Crippen LogP contribution in [0.25, 0.3) is 5.52 Å². The third-order valence-corrected chi connectivity index (χ3v) is 3.44. The summed E-state index contributed by atoms with van der Waals surface area (Å²) in [5.74, 6) is 0.197. The molecule has 9 nitrogen and oxygen atoms in total. The molecule has 3 aromatic rings. The number of carbonyl (C=O) groups excluding carboxylic acids is 1. The third-order valence-electron chi connectivity index (χ3n) is 3.44. The normalized spacial score (nSPS) is 10.6. The first-order valence-electron chi connectivity index (χ1n) is 6.94. The van der Waals surface area contributed by atoms with Crippen molar-refractivity contribution in [1.29, 1.82) is 0 Å². The maximum atomic E-state index is 12.2.